The molecule has 2 heterocycles. The monoisotopic (exact) mass is 254 g/mol. The minimum atomic E-state index is 0.368. The van der Waals surface area contributed by atoms with Crippen LogP contribution < -0.4 is 16.0 Å². The molecule has 0 amide bonds. The van der Waals surface area contributed by atoms with E-state index in [1.807, 2.05) is 0 Å². The third kappa shape index (κ3) is 4.17. The predicted octanol–water partition coefficient (Wildman–Crippen LogP) is -0.517. The molecule has 2 saturated heterocycles. The van der Waals surface area contributed by atoms with Crippen molar-refractivity contribution in [3.63, 3.8) is 0 Å². The normalized spacial score (nSPS) is 31.5. The van der Waals surface area contributed by atoms with Gasteiger partial charge in [-0.2, -0.15) is 0 Å². The molecule has 2 N–H and O–H groups in total. The number of nitrogens with one attached hydrogen (secondary N) is 2. The fourth-order valence-electron chi connectivity index (χ4n) is 2.80. The van der Waals surface area contributed by atoms with Crippen molar-refractivity contribution in [2.75, 3.05) is 53.5 Å². The van der Waals surface area contributed by atoms with E-state index in [9.17, 15) is 0 Å². The van der Waals surface area contributed by atoms with Crippen molar-refractivity contribution in [3.8, 4) is 0 Å². The van der Waals surface area contributed by atoms with Gasteiger partial charge in [0.15, 0.2) is 0 Å². The molecule has 0 bridgehead atoms. The lowest BCUT2D eigenvalue weighted by Gasteiger charge is -2.41. The van der Waals surface area contributed by atoms with Crippen LogP contribution in [0.3, 0.4) is 0 Å². The summed E-state index contributed by atoms with van der Waals surface area (Å²) in [5.74, 6) is 0. The summed E-state index contributed by atoms with van der Waals surface area (Å²) in [7, 11) is 4.31. The van der Waals surface area contributed by atoms with Crippen LogP contribution in [0.25, 0.3) is 0 Å². The first-order chi connectivity index (χ1) is 8.77. The summed E-state index contributed by atoms with van der Waals surface area (Å²) in [6, 6.07) is 0.683. The van der Waals surface area contributed by atoms with E-state index in [0.717, 1.165) is 32.8 Å². The van der Waals surface area contributed by atoms with Crippen molar-refractivity contribution in [1.82, 2.24) is 25.8 Å². The average Bonchev–Trinajstić information content (AvgIpc) is 2.65. The molecule has 0 saturated carbocycles. The van der Waals surface area contributed by atoms with Crippen LogP contribution in [-0.2, 0) is 0 Å². The predicted molar refractivity (Wildman–Crippen MR) is 74.6 cm³/mol. The molecular weight excluding hydrogens is 226 g/mol. The number of rotatable bonds is 4. The third-order valence-corrected chi connectivity index (χ3v) is 3.89. The molecule has 2 aliphatic rings. The Morgan fingerprint density at radius 2 is 2.17 bits per heavy atom. The van der Waals surface area contributed by atoms with Crippen LogP contribution in [0.2, 0.25) is 0 Å². The molecule has 0 aliphatic carbocycles. The van der Waals surface area contributed by atoms with Gasteiger partial charge in [0, 0.05) is 25.8 Å². The fourth-order valence-corrected chi connectivity index (χ4v) is 2.80. The molecule has 0 aromatic rings. The van der Waals surface area contributed by atoms with E-state index in [1.54, 1.807) is 0 Å². The maximum atomic E-state index is 4.83. The van der Waals surface area contributed by atoms with Gasteiger partial charge in [0.1, 0.15) is 0 Å². The Kier molecular flexibility index (Phi) is 5.85. The van der Waals surface area contributed by atoms with E-state index in [4.69, 9.17) is 5.32 Å². The molecule has 2 aliphatic heterocycles. The zero-order valence-corrected chi connectivity index (χ0v) is 11.9. The first-order valence-corrected chi connectivity index (χ1v) is 7.26. The molecular formula is C13H28N5. The molecule has 2 rings (SSSR count). The molecule has 2 unspecified atom stereocenters. The summed E-state index contributed by atoms with van der Waals surface area (Å²) in [6.45, 7) is 6.45. The van der Waals surface area contributed by atoms with Gasteiger partial charge in [-0.05, 0) is 53.0 Å². The highest BCUT2D eigenvalue weighted by atomic mass is 15.4. The van der Waals surface area contributed by atoms with Crippen LogP contribution in [0.1, 0.15) is 19.3 Å². The van der Waals surface area contributed by atoms with Gasteiger partial charge < -0.3 is 15.5 Å². The van der Waals surface area contributed by atoms with Gasteiger partial charge in [0.2, 0.25) is 0 Å². The minimum absolute atomic E-state index is 0.368. The Labute approximate surface area is 111 Å². The van der Waals surface area contributed by atoms with E-state index in [2.05, 4.69) is 34.5 Å². The number of hydrogen-bond acceptors (Lipinski definition) is 4. The zero-order valence-electron chi connectivity index (χ0n) is 11.9. The van der Waals surface area contributed by atoms with E-state index >= 15 is 0 Å². The maximum Gasteiger partial charge on any atom is 0.0899 e. The quantitative estimate of drug-likeness (QED) is 0.709. The molecule has 5 heteroatoms. The summed E-state index contributed by atoms with van der Waals surface area (Å²) in [4.78, 5) is 4.84. The maximum absolute atomic E-state index is 4.83. The second kappa shape index (κ2) is 7.40. The van der Waals surface area contributed by atoms with Crippen LogP contribution >= 0.6 is 0 Å². The second-order valence-electron chi connectivity index (χ2n) is 5.65. The molecule has 105 valence electrons. The molecule has 0 spiro atoms. The molecule has 1 radical (unpaired) electrons. The Bertz CT molecular complexity index is 225. The smallest absolute Gasteiger partial charge is 0.0899 e. The topological polar surface area (TPSA) is 44.6 Å². The Morgan fingerprint density at radius 1 is 1.28 bits per heavy atom. The highest BCUT2D eigenvalue weighted by Crippen LogP contribution is 2.15. The fraction of sp³-hybridized carbons (Fsp3) is 1.00. The van der Waals surface area contributed by atoms with Crippen LogP contribution in [-0.4, -0.2) is 75.5 Å². The highest BCUT2D eigenvalue weighted by Gasteiger charge is 2.29. The molecule has 0 aromatic heterocycles. The lowest BCUT2D eigenvalue weighted by molar-refractivity contribution is 0.0610. The first kappa shape index (κ1) is 14.2. The molecule has 2 fully saturated rings. The first-order valence-electron chi connectivity index (χ1n) is 7.26. The summed E-state index contributed by atoms with van der Waals surface area (Å²) in [5.41, 5.74) is 0. The Balaban J connectivity index is 1.88. The van der Waals surface area contributed by atoms with Crippen molar-refractivity contribution in [3.05, 3.63) is 0 Å². The average molecular weight is 254 g/mol. The van der Waals surface area contributed by atoms with E-state index < -0.39 is 0 Å². The van der Waals surface area contributed by atoms with Gasteiger partial charge in [-0.25, -0.2) is 5.32 Å². The van der Waals surface area contributed by atoms with Crippen LogP contribution in [0, 0.1) is 0 Å². The Morgan fingerprint density at radius 3 is 3.00 bits per heavy atom. The van der Waals surface area contributed by atoms with E-state index in [1.165, 1.54) is 25.8 Å². The van der Waals surface area contributed by atoms with Gasteiger partial charge in [0.05, 0.1) is 6.17 Å². The van der Waals surface area contributed by atoms with Crippen molar-refractivity contribution in [2.45, 2.75) is 31.5 Å². The number of hydrogen-bond donors (Lipinski definition) is 2. The van der Waals surface area contributed by atoms with Gasteiger partial charge in [-0.3, -0.25) is 4.90 Å². The SMILES string of the molecule is CN(C)CCC1CCNCN1C1CNCCC[N]1. The molecule has 5 nitrogen and oxygen atoms in total. The third-order valence-electron chi connectivity index (χ3n) is 3.89. The Hall–Kier alpha value is -0.200. The van der Waals surface area contributed by atoms with Gasteiger partial charge in [0.25, 0.3) is 0 Å². The number of nitrogens with zero attached hydrogens (tertiary/aromatic N) is 3. The van der Waals surface area contributed by atoms with Crippen molar-refractivity contribution in [1.29, 1.82) is 0 Å². The highest BCUT2D eigenvalue weighted by molar-refractivity contribution is 4.84. The summed E-state index contributed by atoms with van der Waals surface area (Å²) in [5, 5.41) is 11.8. The zero-order chi connectivity index (χ0) is 12.8. The van der Waals surface area contributed by atoms with Crippen LogP contribution in [0.15, 0.2) is 0 Å². The standard InChI is InChI=1S/C13H28N5/c1-17(2)9-5-12-4-8-15-11-18(12)13-10-14-6-3-7-16-13/h12-15H,3-11H2,1-2H3. The van der Waals surface area contributed by atoms with Crippen molar-refractivity contribution >= 4 is 0 Å². The lowest BCUT2D eigenvalue weighted by atomic mass is 10.1. The second-order valence-corrected chi connectivity index (χ2v) is 5.65. The van der Waals surface area contributed by atoms with Crippen LogP contribution in [0.4, 0.5) is 0 Å². The minimum Gasteiger partial charge on any atom is -0.314 e. The van der Waals surface area contributed by atoms with Gasteiger partial charge >= 0.3 is 0 Å². The summed E-state index contributed by atoms with van der Waals surface area (Å²) >= 11 is 0. The van der Waals surface area contributed by atoms with E-state index in [0.29, 0.717) is 12.2 Å². The largest absolute Gasteiger partial charge is 0.314 e. The van der Waals surface area contributed by atoms with Crippen molar-refractivity contribution in [2.24, 2.45) is 0 Å². The molecule has 18 heavy (non-hydrogen) atoms. The van der Waals surface area contributed by atoms with Gasteiger partial charge in [-0.15, -0.1) is 0 Å². The van der Waals surface area contributed by atoms with Gasteiger partial charge in [-0.1, -0.05) is 0 Å². The summed E-state index contributed by atoms with van der Waals surface area (Å²) < 4.78 is 0. The molecule has 2 atom stereocenters. The lowest BCUT2D eigenvalue weighted by Crippen LogP contribution is -2.58. The summed E-state index contributed by atoms with van der Waals surface area (Å²) in [6.07, 6.45) is 4.05. The molecule has 0 aromatic carbocycles. The van der Waals surface area contributed by atoms with Crippen molar-refractivity contribution < 1.29 is 0 Å². The van der Waals surface area contributed by atoms with Crippen LogP contribution in [0.5, 0.6) is 0 Å². The van der Waals surface area contributed by atoms with E-state index in [-0.39, 0.29) is 0 Å².